The molecule has 0 spiro atoms. The molecule has 0 fully saturated rings. The number of rotatable bonds is 3. The zero-order chi connectivity index (χ0) is 13.1. The third-order valence-electron chi connectivity index (χ3n) is 2.11. The Labute approximate surface area is 105 Å². The van der Waals surface area contributed by atoms with Crippen LogP contribution in [0.3, 0.4) is 0 Å². The second-order valence-corrected chi connectivity index (χ2v) is 4.12. The fraction of sp³-hybridized carbons (Fsp3) is 0. The molecule has 1 aromatic heterocycles. The van der Waals surface area contributed by atoms with E-state index in [1.54, 1.807) is 6.07 Å². The molecule has 1 heterocycles. The summed E-state index contributed by atoms with van der Waals surface area (Å²) in [6.07, 6.45) is 0. The highest BCUT2D eigenvalue weighted by Gasteiger charge is 2.14. The van der Waals surface area contributed by atoms with Gasteiger partial charge in [-0.25, -0.2) is 14.2 Å². The first-order valence-electron chi connectivity index (χ1n) is 4.75. The van der Waals surface area contributed by atoms with Crippen molar-refractivity contribution in [3.8, 4) is 6.07 Å². The Bertz CT molecular complexity index is 648. The number of hydrogen-bond donors (Lipinski definition) is 2. The van der Waals surface area contributed by atoms with Crippen molar-refractivity contribution in [3.05, 3.63) is 40.8 Å². The first-order chi connectivity index (χ1) is 8.61. The number of carboxylic acids is 1. The van der Waals surface area contributed by atoms with Crippen LogP contribution in [0.4, 0.5) is 15.1 Å². The van der Waals surface area contributed by atoms with E-state index in [0.717, 1.165) is 17.4 Å². The number of aromatic nitrogens is 1. The van der Waals surface area contributed by atoms with Gasteiger partial charge in [-0.3, -0.25) is 0 Å². The quantitative estimate of drug-likeness (QED) is 0.888. The zero-order valence-corrected chi connectivity index (χ0v) is 9.66. The predicted octanol–water partition coefficient (Wildman–Crippen LogP) is 2.60. The fourth-order valence-corrected chi connectivity index (χ4v) is 2.00. The average Bonchev–Trinajstić information content (AvgIpc) is 2.80. The van der Waals surface area contributed by atoms with Crippen molar-refractivity contribution >= 4 is 28.0 Å². The van der Waals surface area contributed by atoms with E-state index >= 15 is 0 Å². The number of hydrogen-bond acceptors (Lipinski definition) is 5. The summed E-state index contributed by atoms with van der Waals surface area (Å²) in [5.41, 5.74) is 1.60. The topological polar surface area (TPSA) is 86.0 Å². The van der Waals surface area contributed by atoms with Crippen molar-refractivity contribution in [3.63, 3.8) is 0 Å². The van der Waals surface area contributed by atoms with Crippen molar-refractivity contribution in [1.29, 1.82) is 5.26 Å². The molecule has 7 heteroatoms. The van der Waals surface area contributed by atoms with Crippen LogP contribution in [0.1, 0.15) is 16.1 Å². The Morgan fingerprint density at radius 3 is 3.00 bits per heavy atom. The van der Waals surface area contributed by atoms with E-state index in [9.17, 15) is 9.18 Å². The van der Waals surface area contributed by atoms with Gasteiger partial charge in [0.25, 0.3) is 0 Å². The predicted molar refractivity (Wildman–Crippen MR) is 63.5 cm³/mol. The van der Waals surface area contributed by atoms with E-state index in [-0.39, 0.29) is 11.3 Å². The van der Waals surface area contributed by atoms with Gasteiger partial charge in [0, 0.05) is 5.69 Å². The van der Waals surface area contributed by atoms with Crippen LogP contribution in [0.5, 0.6) is 0 Å². The molecular weight excluding hydrogens is 257 g/mol. The highest BCUT2D eigenvalue weighted by Crippen LogP contribution is 2.25. The van der Waals surface area contributed by atoms with E-state index in [0.29, 0.717) is 10.7 Å². The van der Waals surface area contributed by atoms with E-state index in [2.05, 4.69) is 10.3 Å². The van der Waals surface area contributed by atoms with E-state index in [1.807, 2.05) is 0 Å². The zero-order valence-electron chi connectivity index (χ0n) is 8.85. The van der Waals surface area contributed by atoms with Crippen LogP contribution in [0.25, 0.3) is 0 Å². The molecule has 0 radical (unpaired) electrons. The SMILES string of the molecule is N#Cc1cc(Nc2scnc2C(=O)O)ccc1F. The van der Waals surface area contributed by atoms with Crippen LogP contribution in [0, 0.1) is 17.1 Å². The summed E-state index contributed by atoms with van der Waals surface area (Å²) in [7, 11) is 0. The van der Waals surface area contributed by atoms with E-state index in [4.69, 9.17) is 10.4 Å². The van der Waals surface area contributed by atoms with Gasteiger partial charge in [0.05, 0.1) is 11.1 Å². The highest BCUT2D eigenvalue weighted by atomic mass is 32.1. The molecule has 90 valence electrons. The smallest absolute Gasteiger partial charge is 0.357 e. The maximum absolute atomic E-state index is 13.1. The number of carboxylic acid groups (broad SMARTS) is 1. The molecule has 0 aliphatic heterocycles. The number of thiazole rings is 1. The largest absolute Gasteiger partial charge is 0.476 e. The molecule has 0 aliphatic carbocycles. The Hall–Kier alpha value is -2.46. The molecule has 0 bridgehead atoms. The lowest BCUT2D eigenvalue weighted by Gasteiger charge is -2.05. The first-order valence-corrected chi connectivity index (χ1v) is 5.63. The molecule has 0 aliphatic rings. The van der Waals surface area contributed by atoms with Crippen molar-refractivity contribution in [2.24, 2.45) is 0 Å². The van der Waals surface area contributed by atoms with Crippen LogP contribution >= 0.6 is 11.3 Å². The number of nitrogens with one attached hydrogen (secondary N) is 1. The fourth-order valence-electron chi connectivity index (χ4n) is 1.31. The summed E-state index contributed by atoms with van der Waals surface area (Å²) < 4.78 is 13.1. The Morgan fingerprint density at radius 2 is 2.33 bits per heavy atom. The van der Waals surface area contributed by atoms with Gasteiger partial charge in [-0.2, -0.15) is 5.26 Å². The number of halogens is 1. The normalized spacial score (nSPS) is 9.78. The van der Waals surface area contributed by atoms with Crippen molar-refractivity contribution in [2.75, 3.05) is 5.32 Å². The summed E-state index contributed by atoms with van der Waals surface area (Å²) in [4.78, 5) is 14.5. The molecule has 2 aromatic rings. The molecule has 1 aromatic carbocycles. The van der Waals surface area contributed by atoms with Gasteiger partial charge in [0.1, 0.15) is 16.9 Å². The van der Waals surface area contributed by atoms with Crippen LogP contribution in [-0.4, -0.2) is 16.1 Å². The Kier molecular flexibility index (Phi) is 3.21. The molecule has 0 unspecified atom stereocenters. The number of nitrogens with zero attached hydrogens (tertiary/aromatic N) is 2. The van der Waals surface area contributed by atoms with Crippen molar-refractivity contribution < 1.29 is 14.3 Å². The molecule has 0 saturated heterocycles. The number of carbonyl (C=O) groups is 1. The van der Waals surface area contributed by atoms with Crippen LogP contribution in [0.15, 0.2) is 23.7 Å². The van der Waals surface area contributed by atoms with Crippen LogP contribution < -0.4 is 5.32 Å². The molecule has 2 N–H and O–H groups in total. The lowest BCUT2D eigenvalue weighted by molar-refractivity contribution is 0.0692. The van der Waals surface area contributed by atoms with Gasteiger partial charge in [-0.05, 0) is 18.2 Å². The molecule has 2 rings (SSSR count). The Morgan fingerprint density at radius 1 is 1.56 bits per heavy atom. The Balaban J connectivity index is 2.32. The van der Waals surface area contributed by atoms with Gasteiger partial charge in [-0.1, -0.05) is 0 Å². The minimum Gasteiger partial charge on any atom is -0.476 e. The van der Waals surface area contributed by atoms with Gasteiger partial charge < -0.3 is 10.4 Å². The van der Waals surface area contributed by atoms with E-state index < -0.39 is 11.8 Å². The van der Waals surface area contributed by atoms with Crippen LogP contribution in [-0.2, 0) is 0 Å². The first kappa shape index (κ1) is 12.0. The monoisotopic (exact) mass is 263 g/mol. The summed E-state index contributed by atoms with van der Waals surface area (Å²) in [6.45, 7) is 0. The van der Waals surface area contributed by atoms with Crippen molar-refractivity contribution in [1.82, 2.24) is 4.98 Å². The molecule has 0 atom stereocenters. The minimum absolute atomic E-state index is 0.108. The number of aromatic carboxylic acids is 1. The summed E-state index contributed by atoms with van der Waals surface area (Å²) in [5, 5.41) is 20.7. The lowest BCUT2D eigenvalue weighted by atomic mass is 10.2. The third-order valence-corrected chi connectivity index (χ3v) is 2.86. The standard InChI is InChI=1S/C11H6FN3O2S/c12-8-2-1-7(3-6(8)4-13)15-10-9(11(16)17)14-5-18-10/h1-3,5,15H,(H,16,17). The molecule has 0 saturated carbocycles. The van der Waals surface area contributed by atoms with Gasteiger partial charge in [0.2, 0.25) is 0 Å². The molecular formula is C11H6FN3O2S. The van der Waals surface area contributed by atoms with Crippen molar-refractivity contribution in [2.45, 2.75) is 0 Å². The summed E-state index contributed by atoms with van der Waals surface area (Å²) in [6, 6.07) is 5.57. The highest BCUT2D eigenvalue weighted by molar-refractivity contribution is 7.14. The van der Waals surface area contributed by atoms with Gasteiger partial charge >= 0.3 is 5.97 Å². The maximum atomic E-state index is 13.1. The molecule has 0 amide bonds. The van der Waals surface area contributed by atoms with E-state index in [1.165, 1.54) is 17.6 Å². The number of nitriles is 1. The molecule has 5 nitrogen and oxygen atoms in total. The second kappa shape index (κ2) is 4.81. The summed E-state index contributed by atoms with van der Waals surface area (Å²) >= 11 is 1.11. The third kappa shape index (κ3) is 2.28. The molecule has 18 heavy (non-hydrogen) atoms. The summed E-state index contributed by atoms with van der Waals surface area (Å²) in [5.74, 6) is -1.77. The van der Waals surface area contributed by atoms with Gasteiger partial charge in [0.15, 0.2) is 5.69 Å². The number of benzene rings is 1. The van der Waals surface area contributed by atoms with Gasteiger partial charge in [-0.15, -0.1) is 11.3 Å². The average molecular weight is 263 g/mol. The lowest BCUT2D eigenvalue weighted by Crippen LogP contribution is -2.01. The number of anilines is 2. The second-order valence-electron chi connectivity index (χ2n) is 3.27. The van der Waals surface area contributed by atoms with Crippen LogP contribution in [0.2, 0.25) is 0 Å². The maximum Gasteiger partial charge on any atom is 0.357 e. The minimum atomic E-state index is -1.15.